The molecule has 3 aromatic rings. The number of amides is 1. The van der Waals surface area contributed by atoms with Gasteiger partial charge in [0.2, 0.25) is 0 Å². The number of hydrogen-bond acceptors (Lipinski definition) is 3. The van der Waals surface area contributed by atoms with Crippen LogP contribution in [0.25, 0.3) is 11.0 Å². The Morgan fingerprint density at radius 2 is 2.18 bits per heavy atom. The first-order valence-corrected chi connectivity index (χ1v) is 7.53. The lowest BCUT2D eigenvalue weighted by Gasteiger charge is -2.02. The number of imidazole rings is 1. The van der Waals surface area contributed by atoms with Crippen LogP contribution in [0.15, 0.2) is 40.8 Å². The Labute approximate surface area is 132 Å². The molecule has 0 saturated carbocycles. The van der Waals surface area contributed by atoms with Gasteiger partial charge in [0.1, 0.15) is 11.6 Å². The number of rotatable bonds is 5. The zero-order valence-corrected chi connectivity index (χ0v) is 12.9. The quantitative estimate of drug-likeness (QED) is 0.708. The maximum absolute atomic E-state index is 12.0. The van der Waals surface area contributed by atoms with E-state index in [1.54, 1.807) is 19.1 Å². The second kappa shape index (κ2) is 6.23. The van der Waals surface area contributed by atoms with E-state index in [-0.39, 0.29) is 17.0 Å². The van der Waals surface area contributed by atoms with E-state index in [1.165, 1.54) is 0 Å². The van der Waals surface area contributed by atoms with Gasteiger partial charge in [-0.3, -0.25) is 4.79 Å². The molecule has 5 nitrogen and oxygen atoms in total. The summed E-state index contributed by atoms with van der Waals surface area (Å²) in [6, 6.07) is 11.2. The molecule has 2 heterocycles. The molecule has 0 aliphatic rings. The standard InChI is InChI=1S/C16H16ClN3O2/c1-10(17)13-6-7-14(22-13)16(21)18-9-8-15-19-11-4-2-3-5-12(11)20-15/h2-7,10H,8-9H2,1H3,(H,18,21)(H,19,20). The number of benzene rings is 1. The Balaban J connectivity index is 1.56. The average Bonchev–Trinajstić information content (AvgIpc) is 3.13. The van der Waals surface area contributed by atoms with E-state index in [2.05, 4.69) is 15.3 Å². The largest absolute Gasteiger partial charge is 0.454 e. The SMILES string of the molecule is CC(Cl)c1ccc(C(=O)NCCc2nc3ccccc3[nH]2)o1. The molecule has 0 spiro atoms. The summed E-state index contributed by atoms with van der Waals surface area (Å²) < 4.78 is 5.39. The highest BCUT2D eigenvalue weighted by atomic mass is 35.5. The molecule has 1 unspecified atom stereocenters. The molecule has 1 amide bonds. The number of H-pyrrole nitrogens is 1. The normalized spacial score (nSPS) is 12.5. The van der Waals surface area contributed by atoms with E-state index < -0.39 is 0 Å². The minimum absolute atomic E-state index is 0.250. The molecular formula is C16H16ClN3O2. The summed E-state index contributed by atoms with van der Waals surface area (Å²) >= 11 is 5.91. The van der Waals surface area contributed by atoms with Gasteiger partial charge in [-0.1, -0.05) is 12.1 Å². The van der Waals surface area contributed by atoms with Gasteiger partial charge in [0.05, 0.1) is 16.4 Å². The molecule has 114 valence electrons. The van der Waals surface area contributed by atoms with Crippen LogP contribution in [0.3, 0.4) is 0 Å². The molecule has 6 heteroatoms. The summed E-state index contributed by atoms with van der Waals surface area (Å²) in [5.74, 6) is 1.45. The highest BCUT2D eigenvalue weighted by molar-refractivity contribution is 6.20. The zero-order valence-electron chi connectivity index (χ0n) is 12.1. The number of carbonyl (C=O) groups is 1. The predicted octanol–water partition coefficient (Wildman–Crippen LogP) is 3.43. The fourth-order valence-electron chi connectivity index (χ4n) is 2.19. The van der Waals surface area contributed by atoms with Crippen molar-refractivity contribution in [3.8, 4) is 0 Å². The Morgan fingerprint density at radius 1 is 1.36 bits per heavy atom. The number of aromatic nitrogens is 2. The number of para-hydroxylation sites is 2. The maximum atomic E-state index is 12.0. The van der Waals surface area contributed by atoms with Gasteiger partial charge < -0.3 is 14.7 Å². The van der Waals surface area contributed by atoms with E-state index in [4.69, 9.17) is 16.0 Å². The minimum Gasteiger partial charge on any atom is -0.454 e. The van der Waals surface area contributed by atoms with Crippen LogP contribution in [0, 0.1) is 0 Å². The molecule has 1 atom stereocenters. The summed E-state index contributed by atoms with van der Waals surface area (Å²) in [4.78, 5) is 19.7. The molecule has 3 rings (SSSR count). The minimum atomic E-state index is -0.253. The van der Waals surface area contributed by atoms with Crippen molar-refractivity contribution in [2.75, 3.05) is 6.54 Å². The number of hydrogen-bond donors (Lipinski definition) is 2. The monoisotopic (exact) mass is 317 g/mol. The highest BCUT2D eigenvalue weighted by Crippen LogP contribution is 2.21. The van der Waals surface area contributed by atoms with E-state index >= 15 is 0 Å². The number of alkyl halides is 1. The number of carbonyl (C=O) groups excluding carboxylic acids is 1. The lowest BCUT2D eigenvalue weighted by molar-refractivity contribution is 0.0924. The number of furan rings is 1. The highest BCUT2D eigenvalue weighted by Gasteiger charge is 2.13. The van der Waals surface area contributed by atoms with Crippen LogP contribution in [-0.2, 0) is 6.42 Å². The van der Waals surface area contributed by atoms with Crippen molar-refractivity contribution in [2.45, 2.75) is 18.7 Å². The van der Waals surface area contributed by atoms with Crippen molar-refractivity contribution in [3.63, 3.8) is 0 Å². The third-order valence-electron chi connectivity index (χ3n) is 3.33. The van der Waals surface area contributed by atoms with Crippen molar-refractivity contribution in [1.82, 2.24) is 15.3 Å². The van der Waals surface area contributed by atoms with E-state index in [0.29, 0.717) is 18.7 Å². The summed E-state index contributed by atoms with van der Waals surface area (Å²) in [6.45, 7) is 2.27. The van der Waals surface area contributed by atoms with E-state index in [1.807, 2.05) is 24.3 Å². The molecule has 1 aromatic carbocycles. The number of nitrogens with one attached hydrogen (secondary N) is 2. The molecule has 0 radical (unpaired) electrons. The third kappa shape index (κ3) is 3.14. The lowest BCUT2D eigenvalue weighted by Crippen LogP contribution is -2.25. The van der Waals surface area contributed by atoms with Crippen LogP contribution < -0.4 is 5.32 Å². The number of fused-ring (bicyclic) bond motifs is 1. The van der Waals surface area contributed by atoms with Crippen LogP contribution in [-0.4, -0.2) is 22.4 Å². The molecule has 2 N–H and O–H groups in total. The third-order valence-corrected chi connectivity index (χ3v) is 3.54. The lowest BCUT2D eigenvalue weighted by atomic mass is 10.3. The summed E-state index contributed by atoms with van der Waals surface area (Å²) in [7, 11) is 0. The van der Waals surface area contributed by atoms with Crippen LogP contribution in [0.4, 0.5) is 0 Å². The smallest absolute Gasteiger partial charge is 0.287 e. The molecule has 2 aromatic heterocycles. The van der Waals surface area contributed by atoms with Crippen molar-refractivity contribution in [3.05, 3.63) is 53.7 Å². The predicted molar refractivity (Wildman–Crippen MR) is 85.1 cm³/mol. The van der Waals surface area contributed by atoms with Gasteiger partial charge in [-0.2, -0.15) is 0 Å². The van der Waals surface area contributed by atoms with Gasteiger partial charge in [-0.25, -0.2) is 4.98 Å². The summed E-state index contributed by atoms with van der Waals surface area (Å²) in [5, 5.41) is 2.56. The maximum Gasteiger partial charge on any atom is 0.287 e. The Kier molecular flexibility index (Phi) is 4.15. The molecular weight excluding hydrogens is 302 g/mol. The van der Waals surface area contributed by atoms with Crippen LogP contribution >= 0.6 is 11.6 Å². The first kappa shape index (κ1) is 14.7. The van der Waals surface area contributed by atoms with Crippen molar-refractivity contribution < 1.29 is 9.21 Å². The van der Waals surface area contributed by atoms with Crippen molar-refractivity contribution in [2.24, 2.45) is 0 Å². The molecule has 0 aliphatic carbocycles. The number of aromatic amines is 1. The van der Waals surface area contributed by atoms with E-state index in [0.717, 1.165) is 16.9 Å². The average molecular weight is 318 g/mol. The Bertz CT molecular complexity index is 758. The summed E-state index contributed by atoms with van der Waals surface area (Å²) in [6.07, 6.45) is 0.625. The molecule has 0 aliphatic heterocycles. The van der Waals surface area contributed by atoms with Gasteiger partial charge in [0.25, 0.3) is 5.91 Å². The van der Waals surface area contributed by atoms with Crippen LogP contribution in [0.2, 0.25) is 0 Å². The fraction of sp³-hybridized carbons (Fsp3) is 0.250. The molecule has 22 heavy (non-hydrogen) atoms. The topological polar surface area (TPSA) is 70.9 Å². The number of nitrogens with zero attached hydrogens (tertiary/aromatic N) is 1. The second-order valence-corrected chi connectivity index (χ2v) is 5.68. The fourth-order valence-corrected chi connectivity index (χ4v) is 2.31. The van der Waals surface area contributed by atoms with E-state index in [9.17, 15) is 4.79 Å². The van der Waals surface area contributed by atoms with Gasteiger partial charge >= 0.3 is 0 Å². The van der Waals surface area contributed by atoms with Crippen molar-refractivity contribution in [1.29, 1.82) is 0 Å². The molecule has 0 bridgehead atoms. The van der Waals surface area contributed by atoms with Crippen molar-refractivity contribution >= 4 is 28.5 Å². The van der Waals surface area contributed by atoms with Gasteiger partial charge in [-0.15, -0.1) is 11.6 Å². The van der Waals surface area contributed by atoms with Crippen LogP contribution in [0.5, 0.6) is 0 Å². The summed E-state index contributed by atoms with van der Waals surface area (Å²) in [5.41, 5.74) is 1.92. The van der Waals surface area contributed by atoms with Gasteiger partial charge in [-0.05, 0) is 31.2 Å². The molecule has 0 saturated heterocycles. The molecule has 0 fully saturated rings. The Morgan fingerprint density at radius 3 is 2.91 bits per heavy atom. The first-order valence-electron chi connectivity index (χ1n) is 7.09. The Hall–Kier alpha value is -2.27. The first-order chi connectivity index (χ1) is 10.6. The van der Waals surface area contributed by atoms with Gasteiger partial charge in [0, 0.05) is 13.0 Å². The van der Waals surface area contributed by atoms with Crippen LogP contribution in [0.1, 0.15) is 34.4 Å². The zero-order chi connectivity index (χ0) is 15.5. The number of halogens is 1. The second-order valence-electron chi connectivity index (χ2n) is 5.02. The van der Waals surface area contributed by atoms with Gasteiger partial charge in [0.15, 0.2) is 5.76 Å².